The minimum atomic E-state index is -3.18. The van der Waals surface area contributed by atoms with E-state index in [1.165, 1.54) is 0 Å². The van der Waals surface area contributed by atoms with Gasteiger partial charge in [0.1, 0.15) is 7.85 Å². The van der Waals surface area contributed by atoms with Gasteiger partial charge in [-0.15, -0.1) is 0 Å². The van der Waals surface area contributed by atoms with Gasteiger partial charge in [-0.3, -0.25) is 4.72 Å². The van der Waals surface area contributed by atoms with Crippen LogP contribution < -0.4 is 10.2 Å². The number of hydrogen-bond acceptors (Lipinski definition) is 2. The van der Waals surface area contributed by atoms with E-state index in [2.05, 4.69) is 4.72 Å². The molecule has 12 heavy (non-hydrogen) atoms. The first-order chi connectivity index (χ1) is 5.47. The van der Waals surface area contributed by atoms with E-state index in [4.69, 9.17) is 7.85 Å². The molecule has 2 radical (unpaired) electrons. The topological polar surface area (TPSA) is 46.2 Å². The molecule has 0 unspecified atom stereocenters. The van der Waals surface area contributed by atoms with Crippen molar-refractivity contribution in [1.82, 2.24) is 0 Å². The second kappa shape index (κ2) is 3.19. The van der Waals surface area contributed by atoms with E-state index >= 15 is 0 Å². The van der Waals surface area contributed by atoms with Crippen LogP contribution in [0.15, 0.2) is 24.3 Å². The number of sulfonamides is 1. The average molecular weight is 181 g/mol. The molecule has 0 aliphatic rings. The van der Waals surface area contributed by atoms with Gasteiger partial charge in [-0.1, -0.05) is 17.6 Å². The summed E-state index contributed by atoms with van der Waals surface area (Å²) in [6.07, 6.45) is 1.10. The van der Waals surface area contributed by atoms with Crippen LogP contribution in [0, 0.1) is 0 Å². The van der Waals surface area contributed by atoms with E-state index in [0.29, 0.717) is 11.2 Å². The van der Waals surface area contributed by atoms with Gasteiger partial charge in [0, 0.05) is 5.69 Å². The SMILES string of the molecule is [B]c1ccc(NS(C)(=O)=O)cc1. The van der Waals surface area contributed by atoms with Gasteiger partial charge in [0.25, 0.3) is 0 Å². The molecule has 0 amide bonds. The normalized spacial score (nSPS) is 11.1. The molecule has 0 bridgehead atoms. The molecule has 62 valence electrons. The van der Waals surface area contributed by atoms with Gasteiger partial charge in [-0.25, -0.2) is 8.42 Å². The third kappa shape index (κ3) is 2.96. The molecule has 0 aromatic heterocycles. The number of rotatable bonds is 2. The van der Waals surface area contributed by atoms with Crippen molar-refractivity contribution in [2.45, 2.75) is 0 Å². The number of anilines is 1. The van der Waals surface area contributed by atoms with Gasteiger partial charge in [0.05, 0.1) is 6.26 Å². The maximum absolute atomic E-state index is 10.7. The summed E-state index contributed by atoms with van der Waals surface area (Å²) in [5.74, 6) is 0. The van der Waals surface area contributed by atoms with Crippen molar-refractivity contribution >= 4 is 29.0 Å². The Balaban J connectivity index is 2.85. The monoisotopic (exact) mass is 181 g/mol. The predicted octanol–water partition coefficient (Wildman–Crippen LogP) is -0.148. The Hall–Kier alpha value is -0.965. The molecule has 0 aliphatic carbocycles. The molecule has 5 heteroatoms. The fourth-order valence-electron chi connectivity index (χ4n) is 0.765. The van der Waals surface area contributed by atoms with Crippen molar-refractivity contribution in [3.05, 3.63) is 24.3 Å². The first-order valence-electron chi connectivity index (χ1n) is 3.31. The van der Waals surface area contributed by atoms with Crippen LogP contribution in [0.25, 0.3) is 0 Å². The van der Waals surface area contributed by atoms with Crippen LogP contribution in [-0.4, -0.2) is 22.5 Å². The summed E-state index contributed by atoms with van der Waals surface area (Å²) in [4.78, 5) is 0. The Bertz CT molecular complexity index is 357. The summed E-state index contributed by atoms with van der Waals surface area (Å²) in [7, 11) is 2.23. The van der Waals surface area contributed by atoms with Crippen LogP contribution in [0.1, 0.15) is 0 Å². The van der Waals surface area contributed by atoms with Crippen LogP contribution in [0.3, 0.4) is 0 Å². The van der Waals surface area contributed by atoms with E-state index in [0.717, 1.165) is 6.26 Å². The summed E-state index contributed by atoms with van der Waals surface area (Å²) in [6, 6.07) is 6.48. The minimum absolute atomic E-state index is 0.520. The fraction of sp³-hybridized carbons (Fsp3) is 0.143. The zero-order valence-electron chi connectivity index (χ0n) is 6.61. The largest absolute Gasteiger partial charge is 0.284 e. The van der Waals surface area contributed by atoms with Gasteiger partial charge in [-0.05, 0) is 12.1 Å². The standard InChI is InChI=1S/C7H8BNO2S/c1-12(10,11)9-7-4-2-6(8)3-5-7/h2-5,9H,1H3. The minimum Gasteiger partial charge on any atom is -0.284 e. The lowest BCUT2D eigenvalue weighted by atomic mass is 9.96. The highest BCUT2D eigenvalue weighted by atomic mass is 32.2. The van der Waals surface area contributed by atoms with E-state index < -0.39 is 10.0 Å². The second-order valence-electron chi connectivity index (χ2n) is 2.50. The van der Waals surface area contributed by atoms with Crippen LogP contribution in [0.4, 0.5) is 5.69 Å². The fourth-order valence-corrected chi connectivity index (χ4v) is 1.33. The Kier molecular flexibility index (Phi) is 2.42. The highest BCUT2D eigenvalue weighted by Crippen LogP contribution is 2.04. The summed E-state index contributed by atoms with van der Waals surface area (Å²) in [5, 5.41) is 0. The van der Waals surface area contributed by atoms with Crippen molar-refractivity contribution in [2.24, 2.45) is 0 Å². The molecular weight excluding hydrogens is 173 g/mol. The van der Waals surface area contributed by atoms with Gasteiger partial charge in [0.2, 0.25) is 10.0 Å². The lowest BCUT2D eigenvalue weighted by Crippen LogP contribution is -2.10. The summed E-state index contributed by atoms with van der Waals surface area (Å²) >= 11 is 0. The van der Waals surface area contributed by atoms with Crippen molar-refractivity contribution in [2.75, 3.05) is 11.0 Å². The Morgan fingerprint density at radius 2 is 1.75 bits per heavy atom. The number of hydrogen-bond donors (Lipinski definition) is 1. The lowest BCUT2D eigenvalue weighted by Gasteiger charge is -2.02. The summed E-state index contributed by atoms with van der Waals surface area (Å²) in [6.45, 7) is 0. The predicted molar refractivity (Wildman–Crippen MR) is 50.3 cm³/mol. The molecule has 3 nitrogen and oxygen atoms in total. The van der Waals surface area contributed by atoms with Crippen molar-refractivity contribution < 1.29 is 8.42 Å². The highest BCUT2D eigenvalue weighted by molar-refractivity contribution is 7.92. The molecule has 0 heterocycles. The Morgan fingerprint density at radius 1 is 1.25 bits per heavy atom. The quantitative estimate of drug-likeness (QED) is 0.645. The third-order valence-corrected chi connectivity index (χ3v) is 1.82. The molecule has 1 aromatic rings. The van der Waals surface area contributed by atoms with Gasteiger partial charge < -0.3 is 0 Å². The van der Waals surface area contributed by atoms with E-state index in [1.807, 2.05) is 0 Å². The molecule has 1 rings (SSSR count). The molecule has 0 aliphatic heterocycles. The number of nitrogens with one attached hydrogen (secondary N) is 1. The molecular formula is C7H8BNO2S. The van der Waals surface area contributed by atoms with Gasteiger partial charge in [-0.2, -0.15) is 0 Å². The first-order valence-corrected chi connectivity index (χ1v) is 5.20. The van der Waals surface area contributed by atoms with Crippen LogP contribution in [0.2, 0.25) is 0 Å². The molecule has 1 N–H and O–H groups in total. The maximum atomic E-state index is 10.7. The Labute approximate surface area is 73.3 Å². The molecule has 0 saturated heterocycles. The van der Waals surface area contributed by atoms with Crippen LogP contribution in [0.5, 0.6) is 0 Å². The van der Waals surface area contributed by atoms with Gasteiger partial charge in [0.15, 0.2) is 0 Å². The summed E-state index contributed by atoms with van der Waals surface area (Å²) < 4.78 is 23.8. The molecule has 1 aromatic carbocycles. The van der Waals surface area contributed by atoms with E-state index in [-0.39, 0.29) is 0 Å². The van der Waals surface area contributed by atoms with E-state index in [9.17, 15) is 8.42 Å². The summed E-state index contributed by atoms with van der Waals surface area (Å²) in [5.41, 5.74) is 1.13. The van der Waals surface area contributed by atoms with E-state index in [1.54, 1.807) is 24.3 Å². The Morgan fingerprint density at radius 3 is 2.17 bits per heavy atom. The lowest BCUT2D eigenvalue weighted by molar-refractivity contribution is 0.607. The zero-order valence-corrected chi connectivity index (χ0v) is 7.43. The molecule has 0 spiro atoms. The van der Waals surface area contributed by atoms with Crippen LogP contribution >= 0.6 is 0 Å². The third-order valence-electron chi connectivity index (χ3n) is 1.21. The van der Waals surface area contributed by atoms with Crippen molar-refractivity contribution in [3.63, 3.8) is 0 Å². The first kappa shape index (κ1) is 9.13. The second-order valence-corrected chi connectivity index (χ2v) is 4.24. The molecule has 0 saturated carbocycles. The van der Waals surface area contributed by atoms with Crippen molar-refractivity contribution in [1.29, 1.82) is 0 Å². The molecule has 0 fully saturated rings. The van der Waals surface area contributed by atoms with Crippen molar-refractivity contribution in [3.8, 4) is 0 Å². The van der Waals surface area contributed by atoms with Crippen LogP contribution in [-0.2, 0) is 10.0 Å². The average Bonchev–Trinajstić information content (AvgIpc) is 1.91. The van der Waals surface area contributed by atoms with Gasteiger partial charge >= 0.3 is 0 Å². The number of benzene rings is 1. The smallest absolute Gasteiger partial charge is 0.229 e. The molecule has 0 atom stereocenters. The zero-order chi connectivity index (χ0) is 9.19. The maximum Gasteiger partial charge on any atom is 0.229 e. The highest BCUT2D eigenvalue weighted by Gasteiger charge is 1.99.